The predicted molar refractivity (Wildman–Crippen MR) is 35.7 cm³/mol. The summed E-state index contributed by atoms with van der Waals surface area (Å²) in [6.07, 6.45) is 0.489. The van der Waals surface area contributed by atoms with Crippen molar-refractivity contribution in [1.82, 2.24) is 0 Å². The van der Waals surface area contributed by atoms with Crippen LogP contribution in [0, 0.1) is 6.92 Å². The topological polar surface area (TPSA) is 18.5 Å². The van der Waals surface area contributed by atoms with Crippen molar-refractivity contribution in [3.05, 3.63) is 6.92 Å². The molecule has 0 aliphatic heterocycles. The first-order valence-electron chi connectivity index (χ1n) is 2.30. The van der Waals surface area contributed by atoms with Gasteiger partial charge in [-0.1, -0.05) is 0 Å². The molecule has 0 heterocycles. The van der Waals surface area contributed by atoms with Gasteiger partial charge in [-0.2, -0.15) is 0 Å². The fraction of sp³-hybridized carbons (Fsp3) is 0.800. The average molecular weight is 135 g/mol. The molecule has 49 valence electrons. The Morgan fingerprint density at radius 2 is 1.88 bits per heavy atom. The van der Waals surface area contributed by atoms with Gasteiger partial charge in [-0.05, 0) is 6.92 Å². The van der Waals surface area contributed by atoms with Crippen LogP contribution in [0.5, 0.6) is 0 Å². The zero-order valence-electron chi connectivity index (χ0n) is 5.18. The zero-order chi connectivity index (χ0) is 6.62. The van der Waals surface area contributed by atoms with Crippen molar-refractivity contribution < 1.29 is 9.47 Å². The van der Waals surface area contributed by atoms with Gasteiger partial charge in [0.25, 0.3) is 0 Å². The van der Waals surface area contributed by atoms with Gasteiger partial charge in [-0.3, -0.25) is 0 Å². The molecule has 0 aliphatic rings. The molecular weight excluding hydrogens is 124 g/mol. The lowest BCUT2D eigenvalue weighted by atomic mass is 10.5. The summed E-state index contributed by atoms with van der Waals surface area (Å²) < 4.78 is 9.63. The molecular formula is C5H11O2S. The Labute approximate surface area is 55.6 Å². The third-order valence-electron chi connectivity index (χ3n) is 0.954. The first-order chi connectivity index (χ1) is 3.68. The molecule has 0 N–H and O–H groups in total. The highest BCUT2D eigenvalue weighted by molar-refractivity contribution is 7.81. The molecule has 0 bridgehead atoms. The largest absolute Gasteiger partial charge is 0.345 e. The molecule has 8 heavy (non-hydrogen) atoms. The van der Waals surface area contributed by atoms with E-state index < -0.39 is 5.12 Å². The lowest BCUT2D eigenvalue weighted by Crippen LogP contribution is -2.24. The van der Waals surface area contributed by atoms with Crippen LogP contribution in [0.25, 0.3) is 0 Å². The summed E-state index contributed by atoms with van der Waals surface area (Å²) in [6.45, 7) is 3.57. The third-order valence-corrected chi connectivity index (χ3v) is 1.54. The lowest BCUT2D eigenvalue weighted by molar-refractivity contribution is -0.129. The van der Waals surface area contributed by atoms with Crippen LogP contribution in [0.15, 0.2) is 0 Å². The quantitative estimate of drug-likeness (QED) is 0.461. The second kappa shape index (κ2) is 3.33. The molecule has 0 atom stereocenters. The van der Waals surface area contributed by atoms with Gasteiger partial charge < -0.3 is 9.47 Å². The summed E-state index contributed by atoms with van der Waals surface area (Å²) in [5, 5.41) is -0.792. The number of hydrogen-bond acceptors (Lipinski definition) is 3. The molecule has 0 saturated heterocycles. The van der Waals surface area contributed by atoms with Crippen LogP contribution in [-0.2, 0) is 9.47 Å². The van der Waals surface area contributed by atoms with E-state index in [2.05, 4.69) is 19.6 Å². The van der Waals surface area contributed by atoms with Gasteiger partial charge in [0.15, 0.2) is 0 Å². The van der Waals surface area contributed by atoms with Crippen LogP contribution in [0.3, 0.4) is 0 Å². The number of hydrogen-bond donors (Lipinski definition) is 1. The highest BCUT2D eigenvalue weighted by Gasteiger charge is 2.19. The average Bonchev–Trinajstić information content (AvgIpc) is 1.87. The lowest BCUT2D eigenvalue weighted by Gasteiger charge is -2.22. The fourth-order valence-electron chi connectivity index (χ4n) is 0.287. The van der Waals surface area contributed by atoms with Gasteiger partial charge in [0, 0.05) is 20.6 Å². The van der Waals surface area contributed by atoms with Gasteiger partial charge in [-0.15, -0.1) is 12.6 Å². The predicted octanol–water partition coefficient (Wildman–Crippen LogP) is 1.09. The Balaban J connectivity index is 3.58. The Hall–Kier alpha value is 0.270. The third kappa shape index (κ3) is 2.03. The van der Waals surface area contributed by atoms with Gasteiger partial charge in [-0.25, -0.2) is 0 Å². The Morgan fingerprint density at radius 1 is 1.50 bits per heavy atom. The first kappa shape index (κ1) is 8.27. The maximum absolute atomic E-state index is 4.82. The van der Waals surface area contributed by atoms with Gasteiger partial charge in [0.2, 0.25) is 5.12 Å². The summed E-state index contributed by atoms with van der Waals surface area (Å²) >= 11 is 4.01. The van der Waals surface area contributed by atoms with E-state index in [0.29, 0.717) is 6.42 Å². The van der Waals surface area contributed by atoms with Crippen LogP contribution in [0.1, 0.15) is 6.42 Å². The molecule has 0 fully saturated rings. The van der Waals surface area contributed by atoms with E-state index in [1.54, 1.807) is 0 Å². The molecule has 0 aromatic heterocycles. The first-order valence-corrected chi connectivity index (χ1v) is 2.75. The van der Waals surface area contributed by atoms with Crippen LogP contribution < -0.4 is 0 Å². The van der Waals surface area contributed by atoms with Crippen molar-refractivity contribution in [3.63, 3.8) is 0 Å². The Kier molecular flexibility index (Phi) is 3.44. The smallest absolute Gasteiger partial charge is 0.214 e. The van der Waals surface area contributed by atoms with E-state index in [4.69, 9.17) is 9.47 Å². The number of thiol groups is 1. The molecule has 0 rings (SSSR count). The number of rotatable bonds is 3. The molecule has 0 aromatic carbocycles. The van der Waals surface area contributed by atoms with Crippen molar-refractivity contribution >= 4 is 12.6 Å². The Bertz CT molecular complexity index is 53.2. The second-order valence-corrected chi connectivity index (χ2v) is 2.05. The van der Waals surface area contributed by atoms with Gasteiger partial charge in [0.05, 0.1) is 0 Å². The van der Waals surface area contributed by atoms with E-state index in [9.17, 15) is 0 Å². The molecule has 2 nitrogen and oxygen atoms in total. The molecule has 3 heteroatoms. The van der Waals surface area contributed by atoms with Gasteiger partial charge >= 0.3 is 0 Å². The van der Waals surface area contributed by atoms with Crippen LogP contribution in [0.4, 0.5) is 0 Å². The van der Waals surface area contributed by atoms with E-state index >= 15 is 0 Å². The minimum Gasteiger partial charge on any atom is -0.345 e. The number of methoxy groups -OCH3 is 2. The summed E-state index contributed by atoms with van der Waals surface area (Å²) in [5.41, 5.74) is 0. The van der Waals surface area contributed by atoms with Crippen LogP contribution >= 0.6 is 12.6 Å². The minimum absolute atomic E-state index is 0.489. The standard InChI is InChI=1S/C5H11O2S/c1-4-5(8,6-2)7-3/h8H,1,4H2,2-3H3. The summed E-state index contributed by atoms with van der Waals surface area (Å²) in [5.74, 6) is 0. The summed E-state index contributed by atoms with van der Waals surface area (Å²) in [7, 11) is 3.06. The Morgan fingerprint density at radius 3 is 1.88 bits per heavy atom. The van der Waals surface area contributed by atoms with Crippen molar-refractivity contribution in [2.75, 3.05) is 14.2 Å². The van der Waals surface area contributed by atoms with Crippen LogP contribution in [0.2, 0.25) is 0 Å². The van der Waals surface area contributed by atoms with Crippen molar-refractivity contribution in [2.45, 2.75) is 11.5 Å². The molecule has 0 spiro atoms. The normalized spacial score (nSPS) is 12.0. The molecule has 0 aliphatic carbocycles. The monoisotopic (exact) mass is 135 g/mol. The molecule has 0 amide bonds. The molecule has 1 radical (unpaired) electrons. The minimum atomic E-state index is -0.792. The van der Waals surface area contributed by atoms with Crippen molar-refractivity contribution in [1.29, 1.82) is 0 Å². The molecule has 0 saturated carbocycles. The SMILES string of the molecule is [CH2]CC(S)(OC)OC. The maximum Gasteiger partial charge on any atom is 0.214 e. The van der Waals surface area contributed by atoms with E-state index in [1.165, 1.54) is 14.2 Å². The van der Waals surface area contributed by atoms with Crippen LogP contribution in [-0.4, -0.2) is 19.3 Å². The highest BCUT2D eigenvalue weighted by atomic mass is 32.1. The van der Waals surface area contributed by atoms with E-state index in [0.717, 1.165) is 0 Å². The maximum atomic E-state index is 4.82. The highest BCUT2D eigenvalue weighted by Crippen LogP contribution is 2.18. The van der Waals surface area contributed by atoms with Crippen molar-refractivity contribution in [2.24, 2.45) is 0 Å². The zero-order valence-corrected chi connectivity index (χ0v) is 6.07. The summed E-state index contributed by atoms with van der Waals surface area (Å²) in [4.78, 5) is 0. The molecule has 0 aromatic rings. The number of ether oxygens (including phenoxy) is 2. The van der Waals surface area contributed by atoms with Crippen molar-refractivity contribution in [3.8, 4) is 0 Å². The summed E-state index contributed by atoms with van der Waals surface area (Å²) in [6, 6.07) is 0. The van der Waals surface area contributed by atoms with Gasteiger partial charge in [0.1, 0.15) is 0 Å². The second-order valence-electron chi connectivity index (χ2n) is 1.37. The van der Waals surface area contributed by atoms with E-state index in [1.807, 2.05) is 0 Å². The van der Waals surface area contributed by atoms with E-state index in [-0.39, 0.29) is 0 Å². The molecule has 0 unspecified atom stereocenters. The fourth-order valence-corrected chi connectivity index (χ4v) is 0.287.